The number of methoxy groups -OCH3 is 1. The molecule has 0 unspecified atom stereocenters. The Balaban J connectivity index is 0.00000280. The zero-order valence-electron chi connectivity index (χ0n) is 16.4. The number of aryl methyl sites for hydroxylation is 1. The Morgan fingerprint density at radius 1 is 1.39 bits per heavy atom. The summed E-state index contributed by atoms with van der Waals surface area (Å²) in [5.74, 6) is 2.40. The van der Waals surface area contributed by atoms with Gasteiger partial charge in [-0.05, 0) is 31.2 Å². The summed E-state index contributed by atoms with van der Waals surface area (Å²) in [5, 5.41) is 13.8. The Kier molecular flexibility index (Phi) is 8.67. The lowest BCUT2D eigenvalue weighted by Crippen LogP contribution is -2.46. The smallest absolute Gasteiger partial charge is 0.308 e. The second kappa shape index (κ2) is 10.7. The number of guanidine groups is 1. The summed E-state index contributed by atoms with van der Waals surface area (Å²) in [7, 11) is 3.40. The normalized spacial score (nSPS) is 15.2. The third-order valence-electron chi connectivity index (χ3n) is 4.88. The molecule has 1 aliphatic heterocycles. The Hall–Kier alpha value is -1.69. The highest BCUT2D eigenvalue weighted by molar-refractivity contribution is 14.0. The average molecular weight is 518 g/mol. The van der Waals surface area contributed by atoms with Gasteiger partial charge in [0.2, 0.25) is 0 Å². The predicted octanol–water partition coefficient (Wildman–Crippen LogP) is 2.33. The number of nitrogens with one attached hydrogen (secondary N) is 1. The van der Waals surface area contributed by atoms with Crippen LogP contribution in [-0.4, -0.2) is 51.8 Å². The summed E-state index contributed by atoms with van der Waals surface area (Å²) >= 11 is 1.72. The Labute approximate surface area is 186 Å². The summed E-state index contributed by atoms with van der Waals surface area (Å²) in [6.07, 6.45) is 1.55. The monoisotopic (exact) mass is 518 g/mol. The highest BCUT2D eigenvalue weighted by Gasteiger charge is 2.27. The molecule has 3 heterocycles. The maximum atomic E-state index is 11.8. The lowest BCUT2D eigenvalue weighted by molar-refractivity contribution is -0.146. The highest BCUT2D eigenvalue weighted by atomic mass is 127. The minimum atomic E-state index is -0.116. The molecule has 0 saturated carbocycles. The molecule has 0 radical (unpaired) electrons. The number of esters is 1. The first-order valence-corrected chi connectivity index (χ1v) is 9.94. The van der Waals surface area contributed by atoms with E-state index in [1.54, 1.807) is 11.3 Å². The van der Waals surface area contributed by atoms with Gasteiger partial charge in [-0.15, -0.1) is 45.5 Å². The number of nitrogens with zero attached hydrogens (tertiary/aromatic N) is 5. The van der Waals surface area contributed by atoms with E-state index in [9.17, 15) is 4.79 Å². The van der Waals surface area contributed by atoms with E-state index < -0.39 is 0 Å². The van der Waals surface area contributed by atoms with Crippen molar-refractivity contribution < 1.29 is 9.53 Å². The minimum Gasteiger partial charge on any atom is -0.469 e. The molecule has 8 nitrogen and oxygen atoms in total. The van der Waals surface area contributed by atoms with E-state index in [2.05, 4.69) is 31.9 Å². The molecule has 0 aromatic carbocycles. The first-order chi connectivity index (χ1) is 13.1. The van der Waals surface area contributed by atoms with Crippen molar-refractivity contribution in [1.82, 2.24) is 25.0 Å². The summed E-state index contributed by atoms with van der Waals surface area (Å²) in [4.78, 5) is 20.0. The van der Waals surface area contributed by atoms with Gasteiger partial charge in [0.05, 0.1) is 19.6 Å². The third kappa shape index (κ3) is 5.66. The third-order valence-corrected chi connectivity index (χ3v) is 5.76. The second-order valence-electron chi connectivity index (χ2n) is 6.58. The largest absolute Gasteiger partial charge is 0.469 e. The SMILES string of the molecule is COC(=O)C1CCN(C(=NCc2nnc(C)n2C)NCc2cccs2)CC1.I. The quantitative estimate of drug-likeness (QED) is 0.283. The van der Waals surface area contributed by atoms with E-state index in [0.29, 0.717) is 6.54 Å². The van der Waals surface area contributed by atoms with Crippen LogP contribution in [-0.2, 0) is 29.7 Å². The number of hydrogen-bond donors (Lipinski definition) is 1. The zero-order chi connectivity index (χ0) is 19.2. The van der Waals surface area contributed by atoms with Crippen molar-refractivity contribution in [3.8, 4) is 0 Å². The number of likely N-dealkylation sites (tertiary alicyclic amines) is 1. The van der Waals surface area contributed by atoms with Gasteiger partial charge in [0.15, 0.2) is 11.8 Å². The number of carbonyl (C=O) groups is 1. The molecule has 1 saturated heterocycles. The summed E-state index contributed by atoms with van der Waals surface area (Å²) in [6.45, 7) is 4.65. The van der Waals surface area contributed by atoms with Crippen molar-refractivity contribution in [2.24, 2.45) is 18.0 Å². The van der Waals surface area contributed by atoms with Crippen molar-refractivity contribution >= 4 is 47.2 Å². The minimum absolute atomic E-state index is 0. The number of piperidine rings is 1. The van der Waals surface area contributed by atoms with E-state index >= 15 is 0 Å². The second-order valence-corrected chi connectivity index (χ2v) is 7.61. The molecule has 3 rings (SSSR count). The molecule has 0 bridgehead atoms. The Morgan fingerprint density at radius 3 is 2.71 bits per heavy atom. The maximum Gasteiger partial charge on any atom is 0.308 e. The topological polar surface area (TPSA) is 84.6 Å². The average Bonchev–Trinajstić information content (AvgIpc) is 3.32. The predicted molar refractivity (Wildman–Crippen MR) is 120 cm³/mol. The van der Waals surface area contributed by atoms with Crippen LogP contribution in [0.2, 0.25) is 0 Å². The van der Waals surface area contributed by atoms with Crippen LogP contribution in [0.25, 0.3) is 0 Å². The number of rotatable bonds is 5. The van der Waals surface area contributed by atoms with Gasteiger partial charge in [-0.25, -0.2) is 4.99 Å². The molecule has 10 heteroatoms. The van der Waals surface area contributed by atoms with Crippen LogP contribution in [0.3, 0.4) is 0 Å². The fraction of sp³-hybridized carbons (Fsp3) is 0.556. The van der Waals surface area contributed by atoms with Gasteiger partial charge in [-0.1, -0.05) is 6.07 Å². The van der Waals surface area contributed by atoms with Gasteiger partial charge in [0, 0.05) is 25.0 Å². The van der Waals surface area contributed by atoms with Gasteiger partial charge in [-0.3, -0.25) is 4.79 Å². The lowest BCUT2D eigenvalue weighted by atomic mass is 9.97. The molecule has 2 aromatic rings. The van der Waals surface area contributed by atoms with Gasteiger partial charge in [0.1, 0.15) is 12.4 Å². The van der Waals surface area contributed by atoms with Crippen LogP contribution in [0.1, 0.15) is 29.4 Å². The molecular formula is C18H27IN6O2S. The molecule has 154 valence electrons. The number of halogens is 1. The van der Waals surface area contributed by atoms with E-state index in [1.807, 2.05) is 24.6 Å². The van der Waals surface area contributed by atoms with Crippen molar-refractivity contribution in [3.63, 3.8) is 0 Å². The summed E-state index contributed by atoms with van der Waals surface area (Å²) in [6, 6.07) is 4.15. The van der Waals surface area contributed by atoms with Gasteiger partial charge in [0.25, 0.3) is 0 Å². The highest BCUT2D eigenvalue weighted by Crippen LogP contribution is 2.19. The molecule has 1 aliphatic rings. The van der Waals surface area contributed by atoms with Crippen molar-refractivity contribution in [1.29, 1.82) is 0 Å². The fourth-order valence-electron chi connectivity index (χ4n) is 3.07. The molecule has 2 aromatic heterocycles. The van der Waals surface area contributed by atoms with Crippen molar-refractivity contribution in [2.45, 2.75) is 32.9 Å². The first kappa shape index (κ1) is 22.6. The van der Waals surface area contributed by atoms with Crippen LogP contribution >= 0.6 is 35.3 Å². The van der Waals surface area contributed by atoms with Crippen LogP contribution in [0.4, 0.5) is 0 Å². The number of aliphatic imine (C=N–C) groups is 1. The zero-order valence-corrected chi connectivity index (χ0v) is 19.6. The number of carbonyl (C=O) groups excluding carboxylic acids is 1. The standard InChI is InChI=1S/C18H26N6O2S.HI/c1-13-21-22-16(23(13)2)12-20-18(19-11-15-5-4-10-27-15)24-8-6-14(7-9-24)17(25)26-3;/h4-5,10,14H,6-9,11-12H2,1-3H3,(H,19,20);1H. The molecule has 0 aliphatic carbocycles. The molecule has 0 amide bonds. The van der Waals surface area contributed by atoms with Crippen LogP contribution in [0.5, 0.6) is 0 Å². The summed E-state index contributed by atoms with van der Waals surface area (Å²) < 4.78 is 6.83. The van der Waals surface area contributed by atoms with Crippen molar-refractivity contribution in [2.75, 3.05) is 20.2 Å². The van der Waals surface area contributed by atoms with Crippen LogP contribution < -0.4 is 5.32 Å². The Morgan fingerprint density at radius 2 is 2.14 bits per heavy atom. The number of thiophene rings is 1. The molecule has 0 atom stereocenters. The molecule has 0 spiro atoms. The van der Waals surface area contributed by atoms with E-state index in [1.165, 1.54) is 12.0 Å². The molecule has 1 fully saturated rings. The lowest BCUT2D eigenvalue weighted by Gasteiger charge is -2.33. The fourth-order valence-corrected chi connectivity index (χ4v) is 3.72. The maximum absolute atomic E-state index is 11.8. The van der Waals surface area contributed by atoms with Crippen molar-refractivity contribution in [3.05, 3.63) is 34.0 Å². The number of ether oxygens (including phenoxy) is 1. The van der Waals surface area contributed by atoms with Gasteiger partial charge in [-0.2, -0.15) is 0 Å². The summed E-state index contributed by atoms with van der Waals surface area (Å²) in [5.41, 5.74) is 0. The first-order valence-electron chi connectivity index (χ1n) is 9.07. The van der Waals surface area contributed by atoms with Crippen LogP contribution in [0, 0.1) is 12.8 Å². The van der Waals surface area contributed by atoms with E-state index in [-0.39, 0.29) is 35.9 Å². The van der Waals surface area contributed by atoms with Crippen LogP contribution in [0.15, 0.2) is 22.5 Å². The Bertz CT molecular complexity index is 784. The van der Waals surface area contributed by atoms with E-state index in [0.717, 1.165) is 50.1 Å². The number of hydrogen-bond acceptors (Lipinski definition) is 6. The molecule has 28 heavy (non-hydrogen) atoms. The van der Waals surface area contributed by atoms with Gasteiger partial charge < -0.3 is 19.5 Å². The molecular weight excluding hydrogens is 491 g/mol. The van der Waals surface area contributed by atoms with Gasteiger partial charge >= 0.3 is 5.97 Å². The molecule has 1 N–H and O–H groups in total. The van der Waals surface area contributed by atoms with E-state index in [4.69, 9.17) is 9.73 Å². The number of aromatic nitrogens is 3.